The molecule has 1 aromatic rings. The number of pyridine rings is 1. The average molecular weight is 258 g/mol. The van der Waals surface area contributed by atoms with Crippen LogP contribution in [0.5, 0.6) is 0 Å². The molecule has 1 unspecified atom stereocenters. The van der Waals surface area contributed by atoms with Gasteiger partial charge in [0.1, 0.15) is 0 Å². The van der Waals surface area contributed by atoms with Gasteiger partial charge in [-0.2, -0.15) is 0 Å². The first-order valence-corrected chi connectivity index (χ1v) is 5.20. The van der Waals surface area contributed by atoms with E-state index in [2.05, 4.69) is 20.9 Å². The van der Waals surface area contributed by atoms with E-state index in [1.165, 1.54) is 13.1 Å². The van der Waals surface area contributed by atoms with Crippen molar-refractivity contribution in [1.29, 1.82) is 0 Å². The van der Waals surface area contributed by atoms with Crippen molar-refractivity contribution in [3.63, 3.8) is 0 Å². The molecule has 0 aliphatic carbocycles. The largest absolute Gasteiger partial charge is 0.387 e. The van der Waals surface area contributed by atoms with Gasteiger partial charge in [0.05, 0.1) is 11.8 Å². The van der Waals surface area contributed by atoms with Gasteiger partial charge in [0.2, 0.25) is 0 Å². The molecule has 0 bridgehead atoms. The summed E-state index contributed by atoms with van der Waals surface area (Å²) in [6, 6.07) is 1.68. The number of rotatable bonds is 3. The summed E-state index contributed by atoms with van der Waals surface area (Å²) in [5.74, 6) is -0.0317. The zero-order chi connectivity index (χ0) is 10.7. The highest BCUT2D eigenvalue weighted by Crippen LogP contribution is 2.24. The topological polar surface area (TPSA) is 50.2 Å². The lowest BCUT2D eigenvalue weighted by Gasteiger charge is -2.09. The number of ketones is 1. The predicted molar refractivity (Wildman–Crippen MR) is 57.2 cm³/mol. The highest BCUT2D eigenvalue weighted by molar-refractivity contribution is 9.10. The van der Waals surface area contributed by atoms with Crippen molar-refractivity contribution in [2.24, 2.45) is 0 Å². The number of aliphatic hydroxyl groups excluding tert-OH is 1. The van der Waals surface area contributed by atoms with Crippen molar-refractivity contribution >= 4 is 21.7 Å². The highest BCUT2D eigenvalue weighted by atomic mass is 79.9. The van der Waals surface area contributed by atoms with Crippen LogP contribution in [0.3, 0.4) is 0 Å². The van der Waals surface area contributed by atoms with Gasteiger partial charge in [-0.3, -0.25) is 9.78 Å². The van der Waals surface area contributed by atoms with Gasteiger partial charge in [0.15, 0.2) is 5.78 Å². The zero-order valence-electron chi connectivity index (χ0n) is 8.12. The molecule has 1 atom stereocenters. The SMILES string of the molecule is CCC(O)c1ncc(C(C)=O)cc1Br. The van der Waals surface area contributed by atoms with E-state index in [0.717, 1.165) is 0 Å². The molecule has 1 heterocycles. The minimum atomic E-state index is -0.578. The molecular formula is C10H12BrNO2. The maximum absolute atomic E-state index is 11.0. The first kappa shape index (κ1) is 11.3. The molecule has 0 spiro atoms. The Morgan fingerprint density at radius 2 is 2.36 bits per heavy atom. The summed E-state index contributed by atoms with van der Waals surface area (Å²) in [6.07, 6.45) is 1.51. The molecule has 0 radical (unpaired) electrons. The van der Waals surface area contributed by atoms with Crippen LogP contribution in [-0.2, 0) is 0 Å². The first-order chi connectivity index (χ1) is 6.56. The van der Waals surface area contributed by atoms with Gasteiger partial charge in [-0.25, -0.2) is 0 Å². The Labute approximate surface area is 91.3 Å². The van der Waals surface area contributed by atoms with Crippen LogP contribution in [-0.4, -0.2) is 15.9 Å². The van der Waals surface area contributed by atoms with Gasteiger partial charge < -0.3 is 5.11 Å². The monoisotopic (exact) mass is 257 g/mol. The summed E-state index contributed by atoms with van der Waals surface area (Å²) in [7, 11) is 0. The normalized spacial score (nSPS) is 12.6. The maximum Gasteiger partial charge on any atom is 0.161 e. The van der Waals surface area contributed by atoms with E-state index in [0.29, 0.717) is 22.2 Å². The molecule has 0 aliphatic heterocycles. The Balaban J connectivity index is 3.07. The number of nitrogens with zero attached hydrogens (tertiary/aromatic N) is 1. The quantitative estimate of drug-likeness (QED) is 0.847. The van der Waals surface area contributed by atoms with Crippen molar-refractivity contribution in [3.8, 4) is 0 Å². The van der Waals surface area contributed by atoms with Gasteiger partial charge in [-0.1, -0.05) is 6.92 Å². The molecule has 0 saturated heterocycles. The lowest BCUT2D eigenvalue weighted by Crippen LogP contribution is -2.02. The van der Waals surface area contributed by atoms with Gasteiger partial charge in [0, 0.05) is 16.2 Å². The third kappa shape index (κ3) is 2.39. The second-order valence-electron chi connectivity index (χ2n) is 3.07. The Kier molecular flexibility index (Phi) is 3.77. The molecule has 4 heteroatoms. The zero-order valence-corrected chi connectivity index (χ0v) is 9.71. The van der Waals surface area contributed by atoms with E-state index in [1.807, 2.05) is 6.92 Å². The lowest BCUT2D eigenvalue weighted by molar-refractivity contribution is 0.101. The van der Waals surface area contributed by atoms with Gasteiger partial charge >= 0.3 is 0 Å². The minimum Gasteiger partial charge on any atom is -0.387 e. The van der Waals surface area contributed by atoms with Crippen LogP contribution in [0.4, 0.5) is 0 Å². The van der Waals surface area contributed by atoms with E-state index in [1.54, 1.807) is 6.07 Å². The Morgan fingerprint density at radius 3 is 2.79 bits per heavy atom. The summed E-state index contributed by atoms with van der Waals surface area (Å²) in [6.45, 7) is 3.36. The molecule has 14 heavy (non-hydrogen) atoms. The van der Waals surface area contributed by atoms with Crippen molar-refractivity contribution < 1.29 is 9.90 Å². The maximum atomic E-state index is 11.0. The smallest absolute Gasteiger partial charge is 0.161 e. The molecule has 1 rings (SSSR count). The third-order valence-corrected chi connectivity index (χ3v) is 2.61. The van der Waals surface area contributed by atoms with Crippen LogP contribution in [0.1, 0.15) is 42.4 Å². The van der Waals surface area contributed by atoms with Crippen LogP contribution < -0.4 is 0 Å². The van der Waals surface area contributed by atoms with Crippen molar-refractivity contribution in [1.82, 2.24) is 4.98 Å². The molecule has 1 aromatic heterocycles. The Hall–Kier alpha value is -0.740. The van der Waals surface area contributed by atoms with Crippen molar-refractivity contribution in [2.75, 3.05) is 0 Å². The van der Waals surface area contributed by atoms with Crippen molar-refractivity contribution in [2.45, 2.75) is 26.4 Å². The summed E-state index contributed by atoms with van der Waals surface area (Å²) in [4.78, 5) is 15.1. The molecule has 76 valence electrons. The number of carbonyl (C=O) groups is 1. The standard InChI is InChI=1S/C10H12BrNO2/c1-3-9(14)10-8(11)4-7(5-12-10)6(2)13/h4-5,9,14H,3H2,1-2H3. The molecular weight excluding hydrogens is 246 g/mol. The van der Waals surface area contributed by atoms with Crippen LogP contribution in [0.2, 0.25) is 0 Å². The number of aromatic nitrogens is 1. The summed E-state index contributed by atoms with van der Waals surface area (Å²) in [5.41, 5.74) is 1.13. The second kappa shape index (κ2) is 4.66. The predicted octanol–water partition coefficient (Wildman–Crippen LogP) is 2.49. The molecule has 1 N–H and O–H groups in total. The van der Waals surface area contributed by atoms with E-state index in [4.69, 9.17) is 0 Å². The highest BCUT2D eigenvalue weighted by Gasteiger charge is 2.12. The number of aliphatic hydroxyl groups is 1. The average Bonchev–Trinajstić information content (AvgIpc) is 2.16. The molecule has 0 aliphatic rings. The minimum absolute atomic E-state index is 0.0317. The van der Waals surface area contributed by atoms with Crippen LogP contribution in [0.25, 0.3) is 0 Å². The molecule has 0 saturated carbocycles. The molecule has 0 fully saturated rings. The van der Waals surface area contributed by atoms with Crippen LogP contribution in [0, 0.1) is 0 Å². The fourth-order valence-corrected chi connectivity index (χ4v) is 1.69. The van der Waals surface area contributed by atoms with Gasteiger partial charge in [0.25, 0.3) is 0 Å². The Bertz CT molecular complexity index is 352. The summed E-state index contributed by atoms with van der Waals surface area (Å²) >= 11 is 3.28. The van der Waals surface area contributed by atoms with Crippen molar-refractivity contribution in [3.05, 3.63) is 28.0 Å². The van der Waals surface area contributed by atoms with E-state index in [9.17, 15) is 9.90 Å². The van der Waals surface area contributed by atoms with E-state index in [-0.39, 0.29) is 5.78 Å². The molecule has 0 aromatic carbocycles. The number of halogens is 1. The fraction of sp³-hybridized carbons (Fsp3) is 0.400. The van der Waals surface area contributed by atoms with E-state index < -0.39 is 6.10 Å². The lowest BCUT2D eigenvalue weighted by atomic mass is 10.1. The number of hydrogen-bond donors (Lipinski definition) is 1. The van der Waals surface area contributed by atoms with Gasteiger partial charge in [-0.15, -0.1) is 0 Å². The number of hydrogen-bond acceptors (Lipinski definition) is 3. The number of carbonyl (C=O) groups excluding carboxylic acids is 1. The Morgan fingerprint density at radius 1 is 1.71 bits per heavy atom. The molecule has 0 amide bonds. The fourth-order valence-electron chi connectivity index (χ4n) is 1.08. The summed E-state index contributed by atoms with van der Waals surface area (Å²) < 4.78 is 0.680. The van der Waals surface area contributed by atoms with E-state index >= 15 is 0 Å². The molecule has 3 nitrogen and oxygen atoms in total. The third-order valence-electron chi connectivity index (χ3n) is 1.98. The summed E-state index contributed by atoms with van der Waals surface area (Å²) in [5, 5.41) is 9.56. The number of Topliss-reactive ketones (excluding diaryl/α,β-unsaturated/α-hetero) is 1. The second-order valence-corrected chi connectivity index (χ2v) is 3.93. The first-order valence-electron chi connectivity index (χ1n) is 4.40. The van der Waals surface area contributed by atoms with Crippen LogP contribution >= 0.6 is 15.9 Å². The van der Waals surface area contributed by atoms with Gasteiger partial charge in [-0.05, 0) is 35.3 Å². The van der Waals surface area contributed by atoms with Crippen LogP contribution in [0.15, 0.2) is 16.7 Å².